The Hall–Kier alpha value is -1.40. The highest BCUT2D eigenvalue weighted by Gasteiger charge is 2.27. The minimum atomic E-state index is -3.21. The van der Waals surface area contributed by atoms with E-state index >= 15 is 0 Å². The Bertz CT molecular complexity index is 532. The zero-order chi connectivity index (χ0) is 13.2. The molecule has 0 radical (unpaired) electrons. The summed E-state index contributed by atoms with van der Waals surface area (Å²) >= 11 is 0. The summed E-state index contributed by atoms with van der Waals surface area (Å²) in [4.78, 5) is 10.6. The van der Waals surface area contributed by atoms with Crippen molar-refractivity contribution in [2.75, 3.05) is 5.75 Å². The van der Waals surface area contributed by atoms with Crippen LogP contribution in [0.2, 0.25) is 0 Å². The van der Waals surface area contributed by atoms with Gasteiger partial charge in [0.25, 0.3) is 0 Å². The van der Waals surface area contributed by atoms with Crippen molar-refractivity contribution in [2.24, 2.45) is 5.92 Å². The van der Waals surface area contributed by atoms with Crippen molar-refractivity contribution in [2.45, 2.75) is 19.4 Å². The van der Waals surface area contributed by atoms with Crippen LogP contribution in [0.25, 0.3) is 0 Å². The standard InChI is InChI=1S/C12H15NO4S/c14-12(15)11-5-3-9(4-6-11)7-13-18(16,17)8-10-1-2-10/h3-6,10,13H,1-2,7-8H2,(H,14,15). The van der Waals surface area contributed by atoms with E-state index in [1.54, 1.807) is 12.1 Å². The third-order valence-corrected chi connectivity index (χ3v) is 4.34. The highest BCUT2D eigenvalue weighted by Crippen LogP contribution is 2.29. The van der Waals surface area contributed by atoms with Gasteiger partial charge in [-0.05, 0) is 36.5 Å². The molecule has 1 fully saturated rings. The molecule has 2 N–H and O–H groups in total. The number of carboxylic acid groups (broad SMARTS) is 1. The Labute approximate surface area is 106 Å². The summed E-state index contributed by atoms with van der Waals surface area (Å²) in [6.45, 7) is 0.203. The fraction of sp³-hybridized carbons (Fsp3) is 0.417. The van der Waals surface area contributed by atoms with Crippen molar-refractivity contribution in [1.29, 1.82) is 0 Å². The second-order valence-corrected chi connectivity index (χ2v) is 6.40. The second kappa shape index (κ2) is 5.07. The Kier molecular flexibility index (Phi) is 3.68. The molecule has 0 heterocycles. The van der Waals surface area contributed by atoms with Crippen molar-refractivity contribution in [1.82, 2.24) is 4.72 Å². The molecule has 1 aromatic rings. The molecule has 1 aliphatic carbocycles. The molecule has 0 saturated heterocycles. The normalized spacial score (nSPS) is 15.6. The number of benzene rings is 1. The molecule has 0 aliphatic heterocycles. The van der Waals surface area contributed by atoms with E-state index < -0.39 is 16.0 Å². The first-order valence-corrected chi connectivity index (χ1v) is 7.41. The van der Waals surface area contributed by atoms with Gasteiger partial charge in [0.2, 0.25) is 10.0 Å². The zero-order valence-corrected chi connectivity index (χ0v) is 10.6. The summed E-state index contributed by atoms with van der Waals surface area (Å²) < 4.78 is 25.8. The van der Waals surface area contributed by atoms with E-state index in [2.05, 4.69) is 4.72 Å². The number of hydrogen-bond donors (Lipinski definition) is 2. The van der Waals surface area contributed by atoms with E-state index in [1.165, 1.54) is 12.1 Å². The van der Waals surface area contributed by atoms with Crippen molar-refractivity contribution in [3.63, 3.8) is 0 Å². The van der Waals surface area contributed by atoms with E-state index in [9.17, 15) is 13.2 Å². The third-order valence-electron chi connectivity index (χ3n) is 2.85. The quantitative estimate of drug-likeness (QED) is 0.813. The van der Waals surface area contributed by atoms with Gasteiger partial charge in [-0.15, -0.1) is 0 Å². The summed E-state index contributed by atoms with van der Waals surface area (Å²) in [7, 11) is -3.21. The minimum absolute atomic E-state index is 0.194. The molecular weight excluding hydrogens is 254 g/mol. The maximum absolute atomic E-state index is 11.6. The highest BCUT2D eigenvalue weighted by atomic mass is 32.2. The van der Waals surface area contributed by atoms with Gasteiger partial charge in [-0.3, -0.25) is 0 Å². The maximum atomic E-state index is 11.6. The summed E-state index contributed by atoms with van der Waals surface area (Å²) in [5.74, 6) is -0.479. The summed E-state index contributed by atoms with van der Waals surface area (Å²) in [5.41, 5.74) is 0.943. The van der Waals surface area contributed by atoms with E-state index in [1.807, 2.05) is 0 Å². The lowest BCUT2D eigenvalue weighted by molar-refractivity contribution is 0.0697. The number of carbonyl (C=O) groups is 1. The smallest absolute Gasteiger partial charge is 0.335 e. The van der Waals surface area contributed by atoms with E-state index in [0.717, 1.165) is 18.4 Å². The van der Waals surface area contributed by atoms with Crippen LogP contribution >= 0.6 is 0 Å². The number of hydrogen-bond acceptors (Lipinski definition) is 3. The lowest BCUT2D eigenvalue weighted by Crippen LogP contribution is -2.26. The van der Waals surface area contributed by atoms with Crippen LogP contribution in [0, 0.1) is 5.92 Å². The lowest BCUT2D eigenvalue weighted by Gasteiger charge is -2.06. The van der Waals surface area contributed by atoms with Gasteiger partial charge < -0.3 is 5.11 Å². The SMILES string of the molecule is O=C(O)c1ccc(CNS(=O)(=O)CC2CC2)cc1. The van der Waals surface area contributed by atoms with E-state index in [4.69, 9.17) is 5.11 Å². The minimum Gasteiger partial charge on any atom is -0.478 e. The molecule has 1 aromatic carbocycles. The van der Waals surface area contributed by atoms with Crippen LogP contribution < -0.4 is 4.72 Å². The fourth-order valence-corrected chi connectivity index (χ4v) is 3.07. The average molecular weight is 269 g/mol. The monoisotopic (exact) mass is 269 g/mol. The Morgan fingerprint density at radius 2 is 1.89 bits per heavy atom. The molecule has 0 aromatic heterocycles. The predicted octanol–water partition coefficient (Wildman–Crippen LogP) is 1.21. The zero-order valence-electron chi connectivity index (χ0n) is 9.80. The molecule has 6 heteroatoms. The second-order valence-electron chi connectivity index (χ2n) is 4.55. The van der Waals surface area contributed by atoms with E-state index in [-0.39, 0.29) is 17.9 Å². The molecule has 0 amide bonds. The van der Waals surface area contributed by atoms with Gasteiger partial charge in [0.15, 0.2) is 0 Å². The van der Waals surface area contributed by atoms with Gasteiger partial charge in [0.05, 0.1) is 11.3 Å². The molecule has 5 nitrogen and oxygen atoms in total. The first-order valence-electron chi connectivity index (χ1n) is 5.76. The molecule has 1 aliphatic rings. The van der Waals surface area contributed by atoms with Crippen LogP contribution in [0.5, 0.6) is 0 Å². The molecule has 1 saturated carbocycles. The molecule has 0 unspecified atom stereocenters. The average Bonchev–Trinajstić information content (AvgIpc) is 3.10. The predicted molar refractivity (Wildman–Crippen MR) is 66.8 cm³/mol. The van der Waals surface area contributed by atoms with Gasteiger partial charge in [-0.2, -0.15) is 0 Å². The van der Waals surface area contributed by atoms with Crippen molar-refractivity contribution in [3.05, 3.63) is 35.4 Å². The number of rotatable bonds is 6. The Morgan fingerprint density at radius 1 is 1.28 bits per heavy atom. The summed E-state index contributed by atoms with van der Waals surface area (Å²) in [6, 6.07) is 6.16. The molecule has 18 heavy (non-hydrogen) atoms. The summed E-state index contributed by atoms with van der Waals surface area (Å²) in [5, 5.41) is 8.73. The Balaban J connectivity index is 1.91. The molecule has 0 bridgehead atoms. The van der Waals surface area contributed by atoms with Crippen LogP contribution in [-0.2, 0) is 16.6 Å². The van der Waals surface area contributed by atoms with Gasteiger partial charge in [-0.25, -0.2) is 17.9 Å². The molecule has 0 spiro atoms. The topological polar surface area (TPSA) is 83.5 Å². The van der Waals surface area contributed by atoms with Crippen LogP contribution in [0.4, 0.5) is 0 Å². The van der Waals surface area contributed by atoms with Gasteiger partial charge in [0, 0.05) is 6.54 Å². The molecule has 98 valence electrons. The van der Waals surface area contributed by atoms with Gasteiger partial charge >= 0.3 is 5.97 Å². The maximum Gasteiger partial charge on any atom is 0.335 e. The highest BCUT2D eigenvalue weighted by molar-refractivity contribution is 7.89. The molecular formula is C12H15NO4S. The van der Waals surface area contributed by atoms with Crippen LogP contribution in [-0.4, -0.2) is 25.2 Å². The number of carboxylic acids is 1. The first kappa shape index (κ1) is 13.0. The van der Waals surface area contributed by atoms with Gasteiger partial charge in [0.1, 0.15) is 0 Å². The van der Waals surface area contributed by atoms with Crippen molar-refractivity contribution >= 4 is 16.0 Å². The van der Waals surface area contributed by atoms with Crippen molar-refractivity contribution in [3.8, 4) is 0 Å². The lowest BCUT2D eigenvalue weighted by atomic mass is 10.1. The number of nitrogens with one attached hydrogen (secondary N) is 1. The van der Waals surface area contributed by atoms with Crippen molar-refractivity contribution < 1.29 is 18.3 Å². The first-order chi connectivity index (χ1) is 8.46. The largest absolute Gasteiger partial charge is 0.478 e. The third kappa shape index (κ3) is 3.82. The number of aromatic carboxylic acids is 1. The van der Waals surface area contributed by atoms with Crippen LogP contribution in [0.15, 0.2) is 24.3 Å². The fourth-order valence-electron chi connectivity index (χ4n) is 1.61. The molecule has 0 atom stereocenters. The number of sulfonamides is 1. The Morgan fingerprint density at radius 3 is 2.39 bits per heavy atom. The molecule has 2 rings (SSSR count). The summed E-state index contributed by atoms with van der Waals surface area (Å²) in [6.07, 6.45) is 1.99. The van der Waals surface area contributed by atoms with Gasteiger partial charge in [-0.1, -0.05) is 12.1 Å². The van der Waals surface area contributed by atoms with E-state index in [0.29, 0.717) is 5.92 Å². The van der Waals surface area contributed by atoms with Crippen LogP contribution in [0.1, 0.15) is 28.8 Å². The van der Waals surface area contributed by atoms with Crippen LogP contribution in [0.3, 0.4) is 0 Å².